The molecule has 0 aliphatic rings. The molecule has 0 aliphatic carbocycles. The number of nitrogens with one attached hydrogen (secondary N) is 3. The summed E-state index contributed by atoms with van der Waals surface area (Å²) in [5, 5.41) is 8.24. The summed E-state index contributed by atoms with van der Waals surface area (Å²) in [6, 6.07) is 8.00. The van der Waals surface area contributed by atoms with E-state index in [0.717, 1.165) is 12.8 Å². The quantitative estimate of drug-likeness (QED) is 0.619. The summed E-state index contributed by atoms with van der Waals surface area (Å²) in [5.74, 6) is -0.239. The Morgan fingerprint density at radius 3 is 2.27 bits per heavy atom. The van der Waals surface area contributed by atoms with Crippen molar-refractivity contribution in [1.29, 1.82) is 0 Å². The number of carbonyl (C=O) groups is 2. The van der Waals surface area contributed by atoms with E-state index >= 15 is 0 Å². The van der Waals surface area contributed by atoms with Gasteiger partial charge in [-0.25, -0.2) is 4.79 Å². The third-order valence-electron chi connectivity index (χ3n) is 3.91. The van der Waals surface area contributed by atoms with E-state index in [9.17, 15) is 9.59 Å². The lowest BCUT2D eigenvalue weighted by molar-refractivity contribution is -0.124. The fourth-order valence-electron chi connectivity index (χ4n) is 2.09. The van der Waals surface area contributed by atoms with Gasteiger partial charge in [0.05, 0.1) is 5.54 Å². The molecule has 22 heavy (non-hydrogen) atoms. The average Bonchev–Trinajstić information content (AvgIpc) is 2.53. The second-order valence-electron chi connectivity index (χ2n) is 5.37. The maximum Gasteiger partial charge on any atom is 0.319 e. The first-order chi connectivity index (χ1) is 10.5. The van der Waals surface area contributed by atoms with Crippen molar-refractivity contribution in [3.05, 3.63) is 30.3 Å². The van der Waals surface area contributed by atoms with Crippen molar-refractivity contribution in [2.75, 3.05) is 11.9 Å². The van der Waals surface area contributed by atoms with Crippen molar-refractivity contribution < 1.29 is 9.59 Å². The average molecular weight is 306 g/mol. The highest BCUT2D eigenvalue weighted by Gasteiger charge is 2.28. The molecule has 0 spiro atoms. The molecular weight excluding hydrogens is 280 g/mol. The zero-order valence-electron chi connectivity index (χ0n) is 13.5. The van der Waals surface area contributed by atoms with Gasteiger partial charge in [0.2, 0.25) is 5.91 Å². The summed E-state index contributed by atoms with van der Waals surface area (Å²) in [5.41, 5.74) is 6.02. The predicted molar refractivity (Wildman–Crippen MR) is 88.6 cm³/mol. The normalized spacial score (nSPS) is 12.4. The lowest BCUT2D eigenvalue weighted by Crippen LogP contribution is -2.57. The Kier molecular flexibility index (Phi) is 6.85. The molecule has 0 saturated carbocycles. The van der Waals surface area contributed by atoms with Crippen molar-refractivity contribution in [3.63, 3.8) is 0 Å². The van der Waals surface area contributed by atoms with Gasteiger partial charge in [0, 0.05) is 12.2 Å². The van der Waals surface area contributed by atoms with Crippen molar-refractivity contribution in [3.8, 4) is 0 Å². The number of amides is 3. The predicted octanol–water partition coefficient (Wildman–Crippen LogP) is 1.83. The zero-order chi connectivity index (χ0) is 16.6. The van der Waals surface area contributed by atoms with Gasteiger partial charge in [-0.2, -0.15) is 0 Å². The van der Waals surface area contributed by atoms with Crippen LogP contribution in [0.4, 0.5) is 10.5 Å². The standard InChI is InChI=1S/C16H26N4O2/c1-4-16(5-2,11-17)20-14(21)12(3)18-15(22)19-13-9-7-6-8-10-13/h6-10,12H,4-5,11,17H2,1-3H3,(H,20,21)(H2,18,19,22). The van der Waals surface area contributed by atoms with E-state index in [1.54, 1.807) is 19.1 Å². The van der Waals surface area contributed by atoms with Crippen molar-refractivity contribution in [1.82, 2.24) is 10.6 Å². The Hall–Kier alpha value is -2.08. The lowest BCUT2D eigenvalue weighted by atomic mass is 9.92. The minimum Gasteiger partial charge on any atom is -0.348 e. The highest BCUT2D eigenvalue weighted by atomic mass is 16.2. The third kappa shape index (κ3) is 5.04. The first-order valence-electron chi connectivity index (χ1n) is 7.61. The van der Waals surface area contributed by atoms with E-state index in [1.807, 2.05) is 32.0 Å². The SMILES string of the molecule is CCC(CC)(CN)NC(=O)C(C)NC(=O)Nc1ccccc1. The van der Waals surface area contributed by atoms with Gasteiger partial charge in [-0.3, -0.25) is 4.79 Å². The van der Waals surface area contributed by atoms with Gasteiger partial charge in [-0.1, -0.05) is 32.0 Å². The Bertz CT molecular complexity index is 478. The van der Waals surface area contributed by atoms with E-state index in [2.05, 4.69) is 16.0 Å². The molecule has 6 heteroatoms. The largest absolute Gasteiger partial charge is 0.348 e. The van der Waals surface area contributed by atoms with E-state index < -0.39 is 17.6 Å². The molecule has 122 valence electrons. The van der Waals surface area contributed by atoms with E-state index in [-0.39, 0.29) is 5.91 Å². The summed E-state index contributed by atoms with van der Waals surface area (Å²) >= 11 is 0. The van der Waals surface area contributed by atoms with Crippen LogP contribution in [0.25, 0.3) is 0 Å². The molecule has 1 atom stereocenters. The van der Waals surface area contributed by atoms with E-state index in [1.165, 1.54) is 0 Å². The number of hydrogen-bond acceptors (Lipinski definition) is 3. The maximum absolute atomic E-state index is 12.2. The first kappa shape index (κ1) is 18.0. The van der Waals surface area contributed by atoms with Crippen LogP contribution in [0.3, 0.4) is 0 Å². The number of para-hydroxylation sites is 1. The lowest BCUT2D eigenvalue weighted by Gasteiger charge is -2.32. The van der Waals surface area contributed by atoms with Gasteiger partial charge in [0.1, 0.15) is 6.04 Å². The van der Waals surface area contributed by atoms with Gasteiger partial charge >= 0.3 is 6.03 Å². The highest BCUT2D eigenvalue weighted by molar-refractivity contribution is 5.93. The van der Waals surface area contributed by atoms with Crippen LogP contribution in [0.2, 0.25) is 0 Å². The van der Waals surface area contributed by atoms with Crippen LogP contribution in [-0.4, -0.2) is 30.1 Å². The number of carbonyl (C=O) groups excluding carboxylic acids is 2. The van der Waals surface area contributed by atoms with Gasteiger partial charge < -0.3 is 21.7 Å². The van der Waals surface area contributed by atoms with Crippen LogP contribution >= 0.6 is 0 Å². The molecule has 0 heterocycles. The summed E-state index contributed by atoms with van der Waals surface area (Å²) in [4.78, 5) is 24.1. The van der Waals surface area contributed by atoms with E-state index in [0.29, 0.717) is 12.2 Å². The molecule has 0 saturated heterocycles. The van der Waals surface area contributed by atoms with Gasteiger partial charge in [-0.05, 0) is 31.9 Å². The van der Waals surface area contributed by atoms with Crippen molar-refractivity contribution >= 4 is 17.6 Å². The van der Waals surface area contributed by atoms with Crippen LogP contribution in [0.5, 0.6) is 0 Å². The van der Waals surface area contributed by atoms with Crippen LogP contribution in [0.15, 0.2) is 30.3 Å². The molecule has 5 N–H and O–H groups in total. The Balaban J connectivity index is 2.55. The highest BCUT2D eigenvalue weighted by Crippen LogP contribution is 2.13. The molecule has 0 fully saturated rings. The smallest absolute Gasteiger partial charge is 0.319 e. The summed E-state index contributed by atoms with van der Waals surface area (Å²) in [7, 11) is 0. The third-order valence-corrected chi connectivity index (χ3v) is 3.91. The molecule has 1 aromatic carbocycles. The molecule has 0 aliphatic heterocycles. The molecule has 3 amide bonds. The van der Waals surface area contributed by atoms with E-state index in [4.69, 9.17) is 5.73 Å². The second kappa shape index (κ2) is 8.38. The monoisotopic (exact) mass is 306 g/mol. The Morgan fingerprint density at radius 1 is 1.18 bits per heavy atom. The fraction of sp³-hybridized carbons (Fsp3) is 0.500. The zero-order valence-corrected chi connectivity index (χ0v) is 13.5. The second-order valence-corrected chi connectivity index (χ2v) is 5.37. The Labute approximate surface area is 131 Å². The molecule has 0 aromatic heterocycles. The van der Waals surface area contributed by atoms with Crippen molar-refractivity contribution in [2.24, 2.45) is 5.73 Å². The topological polar surface area (TPSA) is 96.2 Å². The molecule has 1 unspecified atom stereocenters. The number of urea groups is 1. The van der Waals surface area contributed by atoms with Crippen molar-refractivity contribution in [2.45, 2.75) is 45.2 Å². The number of benzene rings is 1. The molecule has 1 rings (SSSR count). The van der Waals surface area contributed by atoms with Crippen LogP contribution in [0.1, 0.15) is 33.6 Å². The minimum absolute atomic E-state index is 0.239. The fourth-order valence-corrected chi connectivity index (χ4v) is 2.09. The molecule has 1 aromatic rings. The molecular formula is C16H26N4O2. The number of rotatable bonds is 7. The molecule has 0 bridgehead atoms. The minimum atomic E-state index is -0.646. The number of nitrogens with two attached hydrogens (primary N) is 1. The van der Waals surface area contributed by atoms with Crippen LogP contribution in [0, 0.1) is 0 Å². The molecule has 0 radical (unpaired) electrons. The Morgan fingerprint density at radius 2 is 1.77 bits per heavy atom. The first-order valence-corrected chi connectivity index (χ1v) is 7.61. The molecule has 6 nitrogen and oxygen atoms in total. The maximum atomic E-state index is 12.2. The number of hydrogen-bond donors (Lipinski definition) is 4. The summed E-state index contributed by atoms with van der Waals surface area (Å²) in [6.45, 7) is 5.98. The van der Waals surface area contributed by atoms with Gasteiger partial charge in [0.15, 0.2) is 0 Å². The van der Waals surface area contributed by atoms with Crippen LogP contribution < -0.4 is 21.7 Å². The van der Waals surface area contributed by atoms with Gasteiger partial charge in [0.25, 0.3) is 0 Å². The van der Waals surface area contributed by atoms with Gasteiger partial charge in [-0.15, -0.1) is 0 Å². The number of anilines is 1. The summed E-state index contributed by atoms with van der Waals surface area (Å²) < 4.78 is 0. The summed E-state index contributed by atoms with van der Waals surface area (Å²) in [6.07, 6.45) is 1.49. The van der Waals surface area contributed by atoms with Crippen LogP contribution in [-0.2, 0) is 4.79 Å².